The molecule has 1 amide bonds. The second-order valence-electron chi connectivity index (χ2n) is 5.20. The van der Waals surface area contributed by atoms with Gasteiger partial charge in [-0.1, -0.05) is 18.2 Å². The minimum absolute atomic E-state index is 0.0305. The fourth-order valence-corrected chi connectivity index (χ4v) is 3.22. The maximum atomic E-state index is 12.5. The van der Waals surface area contributed by atoms with E-state index in [9.17, 15) is 9.59 Å². The summed E-state index contributed by atoms with van der Waals surface area (Å²) in [6, 6.07) is 7.48. The molecule has 6 nitrogen and oxygen atoms in total. The lowest BCUT2D eigenvalue weighted by Gasteiger charge is -2.10. The van der Waals surface area contributed by atoms with Crippen molar-refractivity contribution in [2.24, 2.45) is 0 Å². The van der Waals surface area contributed by atoms with Crippen LogP contribution in [0.5, 0.6) is 5.75 Å². The van der Waals surface area contributed by atoms with Gasteiger partial charge in [-0.3, -0.25) is 14.0 Å². The molecule has 124 valence electrons. The van der Waals surface area contributed by atoms with Gasteiger partial charge in [0.25, 0.3) is 11.5 Å². The molecule has 0 saturated carbocycles. The van der Waals surface area contributed by atoms with E-state index in [0.29, 0.717) is 11.6 Å². The number of para-hydroxylation sites is 1. The Kier molecular flexibility index (Phi) is 4.61. The first-order valence-corrected chi connectivity index (χ1v) is 8.44. The molecule has 0 aliphatic rings. The van der Waals surface area contributed by atoms with Gasteiger partial charge < -0.3 is 10.1 Å². The fourth-order valence-electron chi connectivity index (χ4n) is 2.40. The Morgan fingerprint density at radius 1 is 1.38 bits per heavy atom. The molecule has 0 radical (unpaired) electrons. The van der Waals surface area contributed by atoms with Crippen molar-refractivity contribution in [2.45, 2.75) is 20.4 Å². The van der Waals surface area contributed by atoms with Gasteiger partial charge in [0, 0.05) is 29.4 Å². The lowest BCUT2D eigenvalue weighted by atomic mass is 10.2. The highest BCUT2D eigenvalue weighted by molar-refractivity contribution is 7.15. The molecule has 0 aliphatic carbocycles. The largest absolute Gasteiger partial charge is 0.494 e. The minimum atomic E-state index is -0.446. The van der Waals surface area contributed by atoms with E-state index >= 15 is 0 Å². The molecule has 2 aromatic heterocycles. The number of nitrogens with zero attached hydrogens (tertiary/aromatic N) is 2. The number of carbonyl (C=O) groups excluding carboxylic acids is 1. The molecule has 3 aromatic rings. The van der Waals surface area contributed by atoms with Crippen molar-refractivity contribution in [3.05, 3.63) is 63.0 Å². The molecule has 1 N–H and O–H groups in total. The second-order valence-corrected chi connectivity index (χ2v) is 6.03. The topological polar surface area (TPSA) is 72.7 Å². The standard InChI is InChI=1S/C17H17N3O3S/c1-3-23-14-7-5-4-6-12(14)8-18-15(21)13-9-19-17-20(16(13)22)11(2)10-24-17/h4-7,9-10H,3,8H2,1-2H3,(H,18,21). The first-order chi connectivity index (χ1) is 11.6. The number of benzene rings is 1. The average Bonchev–Trinajstić information content (AvgIpc) is 2.96. The monoisotopic (exact) mass is 343 g/mol. The van der Waals surface area contributed by atoms with E-state index in [1.54, 1.807) is 0 Å². The summed E-state index contributed by atoms with van der Waals surface area (Å²) in [5.74, 6) is 0.276. The maximum absolute atomic E-state index is 12.5. The van der Waals surface area contributed by atoms with E-state index in [2.05, 4.69) is 10.3 Å². The summed E-state index contributed by atoms with van der Waals surface area (Å²) >= 11 is 1.37. The fraction of sp³-hybridized carbons (Fsp3) is 0.235. The molecule has 0 atom stereocenters. The normalized spacial score (nSPS) is 10.8. The third-order valence-corrected chi connectivity index (χ3v) is 4.53. The highest BCUT2D eigenvalue weighted by atomic mass is 32.1. The molecule has 3 rings (SSSR count). The van der Waals surface area contributed by atoms with E-state index in [-0.39, 0.29) is 17.7 Å². The zero-order chi connectivity index (χ0) is 17.1. The van der Waals surface area contributed by atoms with Crippen LogP contribution in [0.4, 0.5) is 0 Å². The maximum Gasteiger partial charge on any atom is 0.271 e. The van der Waals surface area contributed by atoms with Gasteiger partial charge in [-0.15, -0.1) is 11.3 Å². The summed E-state index contributed by atoms with van der Waals surface area (Å²) < 4.78 is 6.99. The van der Waals surface area contributed by atoms with E-state index in [1.807, 2.05) is 43.5 Å². The SMILES string of the molecule is CCOc1ccccc1CNC(=O)c1cnc2scc(C)n2c1=O. The van der Waals surface area contributed by atoms with Crippen LogP contribution in [0.3, 0.4) is 0 Å². The number of amides is 1. The molecule has 7 heteroatoms. The van der Waals surface area contributed by atoms with E-state index in [4.69, 9.17) is 4.74 Å². The van der Waals surface area contributed by atoms with Crippen LogP contribution in [0.2, 0.25) is 0 Å². The van der Waals surface area contributed by atoms with Crippen LogP contribution in [0, 0.1) is 6.92 Å². The lowest BCUT2D eigenvalue weighted by Crippen LogP contribution is -2.31. The van der Waals surface area contributed by atoms with Crippen LogP contribution in [0.1, 0.15) is 28.5 Å². The Morgan fingerprint density at radius 3 is 2.96 bits per heavy atom. The van der Waals surface area contributed by atoms with Crippen molar-refractivity contribution in [2.75, 3.05) is 6.61 Å². The number of carbonyl (C=O) groups is 1. The zero-order valence-corrected chi connectivity index (χ0v) is 14.2. The van der Waals surface area contributed by atoms with Crippen LogP contribution >= 0.6 is 11.3 Å². The Labute approximate surface area is 142 Å². The molecule has 2 heterocycles. The molecule has 1 aromatic carbocycles. The first-order valence-electron chi connectivity index (χ1n) is 7.56. The summed E-state index contributed by atoms with van der Waals surface area (Å²) in [4.78, 5) is 29.6. The van der Waals surface area contributed by atoms with Crippen LogP contribution in [0.15, 0.2) is 40.6 Å². The summed E-state index contributed by atoms with van der Waals surface area (Å²) in [5.41, 5.74) is 1.30. The number of aryl methyl sites for hydroxylation is 1. The lowest BCUT2D eigenvalue weighted by molar-refractivity contribution is 0.0948. The number of hydrogen-bond donors (Lipinski definition) is 1. The molecular formula is C17H17N3O3S. The van der Waals surface area contributed by atoms with Crippen molar-refractivity contribution < 1.29 is 9.53 Å². The van der Waals surface area contributed by atoms with Crippen molar-refractivity contribution >= 4 is 22.2 Å². The van der Waals surface area contributed by atoms with Gasteiger partial charge in [-0.05, 0) is 19.9 Å². The molecule has 0 fully saturated rings. The van der Waals surface area contributed by atoms with Crippen LogP contribution in [0.25, 0.3) is 4.96 Å². The summed E-state index contributed by atoms with van der Waals surface area (Å²) in [6.45, 7) is 4.54. The number of rotatable bonds is 5. The number of ether oxygens (including phenoxy) is 1. The predicted octanol–water partition coefficient (Wildman–Crippen LogP) is 2.39. The number of nitrogens with one attached hydrogen (secondary N) is 1. The molecule has 0 spiro atoms. The third-order valence-electron chi connectivity index (χ3n) is 3.57. The van der Waals surface area contributed by atoms with Gasteiger partial charge in [0.15, 0.2) is 4.96 Å². The van der Waals surface area contributed by atoms with Crippen LogP contribution < -0.4 is 15.6 Å². The Bertz CT molecular complexity index is 946. The number of thiazole rings is 1. The molecule has 0 saturated heterocycles. The van der Waals surface area contributed by atoms with Crippen LogP contribution in [-0.2, 0) is 6.54 Å². The molecular weight excluding hydrogens is 326 g/mol. The van der Waals surface area contributed by atoms with Crippen LogP contribution in [-0.4, -0.2) is 21.9 Å². The summed E-state index contributed by atoms with van der Waals surface area (Å²) in [6.07, 6.45) is 1.33. The van der Waals surface area contributed by atoms with Gasteiger partial charge in [0.1, 0.15) is 11.3 Å². The number of fused-ring (bicyclic) bond motifs is 1. The van der Waals surface area contributed by atoms with Crippen molar-refractivity contribution in [3.8, 4) is 5.75 Å². The highest BCUT2D eigenvalue weighted by Crippen LogP contribution is 2.17. The van der Waals surface area contributed by atoms with Crippen molar-refractivity contribution in [3.63, 3.8) is 0 Å². The number of aromatic nitrogens is 2. The molecule has 0 bridgehead atoms. The molecule has 0 unspecified atom stereocenters. The zero-order valence-electron chi connectivity index (χ0n) is 13.4. The van der Waals surface area contributed by atoms with Gasteiger partial charge in [-0.25, -0.2) is 4.98 Å². The van der Waals surface area contributed by atoms with E-state index < -0.39 is 5.91 Å². The van der Waals surface area contributed by atoms with Crippen molar-refractivity contribution in [1.29, 1.82) is 0 Å². The quantitative estimate of drug-likeness (QED) is 0.772. The highest BCUT2D eigenvalue weighted by Gasteiger charge is 2.15. The van der Waals surface area contributed by atoms with Gasteiger partial charge >= 0.3 is 0 Å². The average molecular weight is 343 g/mol. The summed E-state index contributed by atoms with van der Waals surface area (Å²) in [7, 11) is 0. The van der Waals surface area contributed by atoms with Crippen molar-refractivity contribution in [1.82, 2.24) is 14.7 Å². The van der Waals surface area contributed by atoms with Gasteiger partial charge in [-0.2, -0.15) is 0 Å². The Hall–Kier alpha value is -2.67. The Morgan fingerprint density at radius 2 is 2.17 bits per heavy atom. The first kappa shape index (κ1) is 16.2. The third kappa shape index (κ3) is 3.03. The minimum Gasteiger partial charge on any atom is -0.494 e. The predicted molar refractivity (Wildman–Crippen MR) is 92.9 cm³/mol. The smallest absolute Gasteiger partial charge is 0.271 e. The molecule has 24 heavy (non-hydrogen) atoms. The van der Waals surface area contributed by atoms with E-state index in [1.165, 1.54) is 21.9 Å². The second kappa shape index (κ2) is 6.84. The number of hydrogen-bond acceptors (Lipinski definition) is 5. The van der Waals surface area contributed by atoms with Gasteiger partial charge in [0.05, 0.1) is 6.61 Å². The summed E-state index contributed by atoms with van der Waals surface area (Å²) in [5, 5.41) is 4.60. The van der Waals surface area contributed by atoms with Gasteiger partial charge in [0.2, 0.25) is 0 Å². The Balaban J connectivity index is 1.82. The van der Waals surface area contributed by atoms with E-state index in [0.717, 1.165) is 17.0 Å². The molecule has 0 aliphatic heterocycles.